The molecule has 0 saturated heterocycles. The highest BCUT2D eigenvalue weighted by atomic mass is 16.2. The molecule has 0 fully saturated rings. The van der Waals surface area contributed by atoms with Crippen LogP contribution in [0.25, 0.3) is 0 Å². The van der Waals surface area contributed by atoms with Crippen LogP contribution in [0.2, 0.25) is 0 Å². The number of hydrogen-bond acceptors (Lipinski definition) is 3. The highest BCUT2D eigenvalue weighted by molar-refractivity contribution is 5.11. The molecule has 13 heavy (non-hydrogen) atoms. The molecular weight excluding hydrogens is 164 g/mol. The first kappa shape index (κ1) is 10.2. The molecule has 3 N–H and O–H groups in total. The van der Waals surface area contributed by atoms with Crippen LogP contribution in [0.3, 0.4) is 0 Å². The summed E-state index contributed by atoms with van der Waals surface area (Å²) in [5.74, 6) is 0. The summed E-state index contributed by atoms with van der Waals surface area (Å²) in [4.78, 5) is 4.41. The van der Waals surface area contributed by atoms with Crippen LogP contribution in [0.15, 0.2) is 18.2 Å². The lowest BCUT2D eigenvalue weighted by atomic mass is 10.2. The maximum absolute atomic E-state index is 8.65. The molecule has 0 unspecified atom stereocenters. The van der Waals surface area contributed by atoms with Crippen molar-refractivity contribution < 1.29 is 5.11 Å². The summed E-state index contributed by atoms with van der Waals surface area (Å²) < 4.78 is 0. The summed E-state index contributed by atoms with van der Waals surface area (Å²) in [5, 5.41) is 8.65. The molecule has 1 aromatic heterocycles. The zero-order valence-corrected chi connectivity index (χ0v) is 7.74. The van der Waals surface area contributed by atoms with Gasteiger partial charge in [-0.15, -0.1) is 0 Å². The zero-order chi connectivity index (χ0) is 9.52. The molecule has 0 atom stereocenters. The van der Waals surface area contributed by atoms with E-state index in [9.17, 15) is 0 Å². The lowest BCUT2D eigenvalue weighted by Gasteiger charge is -2.02. The molecule has 0 saturated carbocycles. The number of nitrogens with zero attached hydrogens (tertiary/aromatic N) is 1. The molecule has 1 heterocycles. The van der Waals surface area contributed by atoms with E-state index in [1.54, 1.807) is 0 Å². The van der Waals surface area contributed by atoms with Crippen LogP contribution in [0.5, 0.6) is 0 Å². The van der Waals surface area contributed by atoms with E-state index in [1.165, 1.54) is 0 Å². The van der Waals surface area contributed by atoms with Crippen molar-refractivity contribution in [3.8, 4) is 0 Å². The van der Waals surface area contributed by atoms with Gasteiger partial charge in [-0.05, 0) is 31.5 Å². The van der Waals surface area contributed by atoms with Crippen LogP contribution in [-0.2, 0) is 12.8 Å². The third kappa shape index (κ3) is 3.53. The Kier molecular flexibility index (Phi) is 4.43. The SMILES string of the molecule is NCCc1cccc(CCCO)n1. The predicted molar refractivity (Wildman–Crippen MR) is 52.4 cm³/mol. The summed E-state index contributed by atoms with van der Waals surface area (Å²) in [6.45, 7) is 0.860. The number of aromatic nitrogens is 1. The Morgan fingerprint density at radius 2 is 1.92 bits per heavy atom. The van der Waals surface area contributed by atoms with Crippen LogP contribution < -0.4 is 5.73 Å². The molecule has 1 rings (SSSR count). The molecule has 0 amide bonds. The van der Waals surface area contributed by atoms with Crippen LogP contribution in [0.4, 0.5) is 0 Å². The van der Waals surface area contributed by atoms with Crippen molar-refractivity contribution >= 4 is 0 Å². The largest absolute Gasteiger partial charge is 0.396 e. The molecule has 0 aliphatic heterocycles. The third-order valence-electron chi connectivity index (χ3n) is 1.86. The summed E-state index contributed by atoms with van der Waals surface area (Å²) in [6, 6.07) is 5.95. The van der Waals surface area contributed by atoms with E-state index in [2.05, 4.69) is 4.98 Å². The molecular formula is C10H16N2O. The number of aliphatic hydroxyl groups is 1. The van der Waals surface area contributed by atoms with Crippen molar-refractivity contribution in [1.82, 2.24) is 4.98 Å². The highest BCUT2D eigenvalue weighted by Crippen LogP contribution is 2.02. The van der Waals surface area contributed by atoms with E-state index in [1.807, 2.05) is 18.2 Å². The van der Waals surface area contributed by atoms with E-state index in [0.717, 1.165) is 30.7 Å². The van der Waals surface area contributed by atoms with Gasteiger partial charge in [-0.2, -0.15) is 0 Å². The number of nitrogens with two attached hydrogens (primary N) is 1. The van der Waals surface area contributed by atoms with Gasteiger partial charge in [0, 0.05) is 24.4 Å². The Bertz CT molecular complexity index is 250. The molecule has 0 bridgehead atoms. The molecule has 3 nitrogen and oxygen atoms in total. The average Bonchev–Trinajstić information content (AvgIpc) is 2.16. The third-order valence-corrected chi connectivity index (χ3v) is 1.86. The Balaban J connectivity index is 2.56. The summed E-state index contributed by atoms with van der Waals surface area (Å²) in [6.07, 6.45) is 2.45. The van der Waals surface area contributed by atoms with Gasteiger partial charge in [0.1, 0.15) is 0 Å². The minimum atomic E-state index is 0.225. The molecule has 3 heteroatoms. The van der Waals surface area contributed by atoms with Crippen molar-refractivity contribution in [3.05, 3.63) is 29.6 Å². The first-order chi connectivity index (χ1) is 6.36. The molecule has 0 radical (unpaired) electrons. The molecule has 1 aromatic rings. The Morgan fingerprint density at radius 1 is 1.23 bits per heavy atom. The van der Waals surface area contributed by atoms with Gasteiger partial charge in [0.25, 0.3) is 0 Å². The monoisotopic (exact) mass is 180 g/mol. The standard InChI is InChI=1S/C10H16N2O/c11-7-6-10-4-1-3-9(12-10)5-2-8-13/h1,3-4,13H,2,5-8,11H2. The van der Waals surface area contributed by atoms with E-state index >= 15 is 0 Å². The van der Waals surface area contributed by atoms with E-state index in [-0.39, 0.29) is 6.61 Å². The van der Waals surface area contributed by atoms with Gasteiger partial charge in [-0.1, -0.05) is 6.07 Å². The fourth-order valence-corrected chi connectivity index (χ4v) is 1.22. The van der Waals surface area contributed by atoms with Crippen LogP contribution in [-0.4, -0.2) is 23.2 Å². The minimum absolute atomic E-state index is 0.225. The number of pyridine rings is 1. The normalized spacial score (nSPS) is 10.3. The van der Waals surface area contributed by atoms with E-state index in [0.29, 0.717) is 6.54 Å². The van der Waals surface area contributed by atoms with Crippen molar-refractivity contribution in [3.63, 3.8) is 0 Å². The van der Waals surface area contributed by atoms with Crippen molar-refractivity contribution in [2.45, 2.75) is 19.3 Å². The van der Waals surface area contributed by atoms with Gasteiger partial charge in [-0.3, -0.25) is 4.98 Å². The average molecular weight is 180 g/mol. The van der Waals surface area contributed by atoms with Crippen LogP contribution in [0.1, 0.15) is 17.8 Å². The Morgan fingerprint density at radius 3 is 2.54 bits per heavy atom. The lowest BCUT2D eigenvalue weighted by Crippen LogP contribution is -2.05. The lowest BCUT2D eigenvalue weighted by molar-refractivity contribution is 0.288. The molecule has 0 spiro atoms. The second kappa shape index (κ2) is 5.67. The predicted octanol–water partition coefficient (Wildman–Crippen LogP) is 0.508. The van der Waals surface area contributed by atoms with Gasteiger partial charge in [0.15, 0.2) is 0 Å². The second-order valence-electron chi connectivity index (χ2n) is 2.99. The Labute approximate surface area is 78.6 Å². The number of aryl methyl sites for hydroxylation is 1. The summed E-state index contributed by atoms with van der Waals surface area (Å²) in [7, 11) is 0. The summed E-state index contributed by atoms with van der Waals surface area (Å²) in [5.41, 5.74) is 7.51. The number of rotatable bonds is 5. The van der Waals surface area contributed by atoms with E-state index < -0.39 is 0 Å². The minimum Gasteiger partial charge on any atom is -0.396 e. The molecule has 72 valence electrons. The van der Waals surface area contributed by atoms with Crippen LogP contribution in [0, 0.1) is 0 Å². The van der Waals surface area contributed by atoms with Gasteiger partial charge in [-0.25, -0.2) is 0 Å². The highest BCUT2D eigenvalue weighted by Gasteiger charge is 1.96. The first-order valence-electron chi connectivity index (χ1n) is 4.62. The number of hydrogen-bond donors (Lipinski definition) is 2. The summed E-state index contributed by atoms with van der Waals surface area (Å²) >= 11 is 0. The first-order valence-corrected chi connectivity index (χ1v) is 4.62. The van der Waals surface area contributed by atoms with Gasteiger partial charge in [0.2, 0.25) is 0 Å². The maximum Gasteiger partial charge on any atom is 0.0434 e. The van der Waals surface area contributed by atoms with Gasteiger partial charge in [0.05, 0.1) is 0 Å². The van der Waals surface area contributed by atoms with Gasteiger partial charge < -0.3 is 10.8 Å². The van der Waals surface area contributed by atoms with Gasteiger partial charge >= 0.3 is 0 Å². The fourth-order valence-electron chi connectivity index (χ4n) is 1.22. The second-order valence-corrected chi connectivity index (χ2v) is 2.99. The fraction of sp³-hybridized carbons (Fsp3) is 0.500. The molecule has 0 aromatic carbocycles. The smallest absolute Gasteiger partial charge is 0.0434 e. The topological polar surface area (TPSA) is 59.1 Å². The van der Waals surface area contributed by atoms with Crippen molar-refractivity contribution in [2.75, 3.05) is 13.2 Å². The van der Waals surface area contributed by atoms with Crippen molar-refractivity contribution in [2.24, 2.45) is 5.73 Å². The van der Waals surface area contributed by atoms with Crippen LogP contribution >= 0.6 is 0 Å². The van der Waals surface area contributed by atoms with E-state index in [4.69, 9.17) is 10.8 Å². The zero-order valence-electron chi connectivity index (χ0n) is 7.74. The molecule has 0 aliphatic rings. The quantitative estimate of drug-likeness (QED) is 0.694. The molecule has 0 aliphatic carbocycles. The number of aliphatic hydroxyl groups excluding tert-OH is 1. The maximum atomic E-state index is 8.65. The Hall–Kier alpha value is -0.930. The van der Waals surface area contributed by atoms with Crippen molar-refractivity contribution in [1.29, 1.82) is 0 Å².